The van der Waals surface area contributed by atoms with Crippen LogP contribution < -0.4 is 4.89 Å². The third kappa shape index (κ3) is 23.8. The zero-order valence-corrected chi connectivity index (χ0v) is 19.8. The molecule has 0 aromatic carbocycles. The van der Waals surface area contributed by atoms with Crippen LogP contribution in [0.25, 0.3) is 0 Å². The summed E-state index contributed by atoms with van der Waals surface area (Å²) in [5, 5.41) is 9.52. The van der Waals surface area contributed by atoms with E-state index < -0.39 is 20.5 Å². The average Bonchev–Trinajstić information content (AvgIpc) is 2.69. The number of phosphoric acid groups is 1. The number of Topliss-reactive ketones (excluding diaryl/α,β-unsaturated/α-hetero) is 1. The molecule has 0 aliphatic heterocycles. The molecule has 0 aliphatic carbocycles. The Morgan fingerprint density at radius 2 is 1.40 bits per heavy atom. The van der Waals surface area contributed by atoms with Crippen LogP contribution >= 0.6 is 7.82 Å². The molecule has 0 radical (unpaired) electrons. The second-order valence-corrected chi connectivity index (χ2v) is 9.38. The van der Waals surface area contributed by atoms with Crippen LogP contribution in [-0.4, -0.2) is 28.5 Å². The Labute approximate surface area is 183 Å². The maximum absolute atomic E-state index is 11.8. The summed E-state index contributed by atoms with van der Waals surface area (Å²) < 4.78 is 14.5. The monoisotopic (exact) mass is 447 g/mol. The topological polar surface area (TPSA) is 107 Å². The van der Waals surface area contributed by atoms with E-state index in [1.165, 1.54) is 64.2 Å². The fourth-order valence-corrected chi connectivity index (χ4v) is 3.65. The summed E-state index contributed by atoms with van der Waals surface area (Å²) in [5.41, 5.74) is 0. The molecule has 0 spiro atoms. The van der Waals surface area contributed by atoms with Crippen LogP contribution in [0.2, 0.25) is 0 Å². The highest BCUT2D eigenvalue weighted by atomic mass is 31.2. The molecule has 0 fully saturated rings. The zero-order chi connectivity index (χ0) is 22.5. The quantitative estimate of drug-likeness (QED) is 0.127. The van der Waals surface area contributed by atoms with Gasteiger partial charge in [0.25, 0.3) is 7.82 Å². The lowest BCUT2D eigenvalue weighted by Gasteiger charge is -2.18. The number of hydrogen-bond donors (Lipinski definition) is 2. The molecular weight excluding hydrogens is 403 g/mol. The largest absolute Gasteiger partial charge is 0.756 e. The Hall–Kier alpha value is -0.520. The van der Waals surface area contributed by atoms with Crippen molar-refractivity contribution in [2.75, 3.05) is 6.61 Å². The van der Waals surface area contributed by atoms with Gasteiger partial charge in [0.15, 0.2) is 0 Å². The van der Waals surface area contributed by atoms with Crippen molar-refractivity contribution in [3.05, 3.63) is 12.2 Å². The van der Waals surface area contributed by atoms with Crippen LogP contribution in [0.1, 0.15) is 116 Å². The van der Waals surface area contributed by atoms with Gasteiger partial charge in [0.05, 0.1) is 12.7 Å². The van der Waals surface area contributed by atoms with Gasteiger partial charge in [0, 0.05) is 12.8 Å². The van der Waals surface area contributed by atoms with Gasteiger partial charge in [-0.1, -0.05) is 76.9 Å². The van der Waals surface area contributed by atoms with E-state index in [1.807, 2.05) is 0 Å². The number of unbranched alkanes of at least 4 members (excludes halogenated alkanes) is 12. The number of hydrogen-bond acceptors (Lipinski definition) is 5. The van der Waals surface area contributed by atoms with Crippen molar-refractivity contribution in [1.29, 1.82) is 0 Å². The Bertz CT molecular complexity index is 474. The fraction of sp³-hybridized carbons (Fsp3) is 0.870. The van der Waals surface area contributed by atoms with E-state index in [1.54, 1.807) is 0 Å². The standard InChI is InChI=1S/C23H45O6P/c1-2-3-4-5-6-7-8-9-10-11-12-13-14-15-16-17-18-22(24)19-20-23(25)21-29-30(26,27)28/h10-11,23,25H,2-9,12-21H2,1H3,(H2,26,27,28)/p-1/b11-10-/t23-/m1/s1. The first kappa shape index (κ1) is 29.5. The SMILES string of the molecule is CCCCCCCCC/C=C\CCCCCCCC(=O)CC[C@@H](O)COP(=O)([O-])O. The average molecular weight is 448 g/mol. The summed E-state index contributed by atoms with van der Waals surface area (Å²) in [6, 6.07) is 0. The zero-order valence-electron chi connectivity index (χ0n) is 18.9. The van der Waals surface area contributed by atoms with E-state index in [2.05, 4.69) is 23.6 Å². The number of aliphatic hydroxyl groups is 1. The van der Waals surface area contributed by atoms with Crippen molar-refractivity contribution in [2.45, 2.75) is 122 Å². The molecular formula is C23H44O6P-. The van der Waals surface area contributed by atoms with Gasteiger partial charge in [-0.3, -0.25) is 9.36 Å². The third-order valence-corrected chi connectivity index (χ3v) is 5.63. The highest BCUT2D eigenvalue weighted by Gasteiger charge is 2.11. The van der Waals surface area contributed by atoms with E-state index in [4.69, 9.17) is 4.89 Å². The fourth-order valence-electron chi connectivity index (χ4n) is 3.29. The summed E-state index contributed by atoms with van der Waals surface area (Å²) in [7, 11) is -4.81. The van der Waals surface area contributed by atoms with Crippen molar-refractivity contribution >= 4 is 13.6 Å². The highest BCUT2D eigenvalue weighted by Crippen LogP contribution is 2.30. The highest BCUT2D eigenvalue weighted by molar-refractivity contribution is 7.44. The number of allylic oxidation sites excluding steroid dienone is 2. The Morgan fingerprint density at radius 3 is 1.93 bits per heavy atom. The van der Waals surface area contributed by atoms with E-state index in [0.29, 0.717) is 6.42 Å². The molecule has 0 aromatic rings. The van der Waals surface area contributed by atoms with Crippen molar-refractivity contribution in [3.8, 4) is 0 Å². The maximum Gasteiger partial charge on any atom is 0.265 e. The van der Waals surface area contributed by atoms with Crippen LogP contribution in [0.4, 0.5) is 0 Å². The number of carbonyl (C=O) groups excluding carboxylic acids is 1. The molecule has 7 heteroatoms. The number of carbonyl (C=O) groups is 1. The minimum atomic E-state index is -4.81. The van der Waals surface area contributed by atoms with E-state index in [0.717, 1.165) is 25.7 Å². The molecule has 0 amide bonds. The first-order valence-electron chi connectivity index (χ1n) is 11.9. The van der Waals surface area contributed by atoms with Crippen LogP contribution in [0.15, 0.2) is 12.2 Å². The lowest BCUT2D eigenvalue weighted by molar-refractivity contribution is -0.221. The third-order valence-electron chi connectivity index (χ3n) is 5.15. The second-order valence-electron chi connectivity index (χ2n) is 8.18. The van der Waals surface area contributed by atoms with Gasteiger partial charge in [-0.2, -0.15) is 0 Å². The molecule has 0 heterocycles. The van der Waals surface area contributed by atoms with Gasteiger partial charge in [0.1, 0.15) is 5.78 Å². The Morgan fingerprint density at radius 1 is 0.900 bits per heavy atom. The number of ketones is 1. The number of aliphatic hydroxyl groups excluding tert-OH is 1. The first-order chi connectivity index (χ1) is 14.3. The molecule has 0 saturated heterocycles. The molecule has 0 aliphatic rings. The summed E-state index contributed by atoms with van der Waals surface area (Å²) in [4.78, 5) is 30.6. The molecule has 1 unspecified atom stereocenters. The van der Waals surface area contributed by atoms with Gasteiger partial charge in [-0.15, -0.1) is 0 Å². The van der Waals surface area contributed by atoms with Crippen molar-refractivity contribution < 1.29 is 28.8 Å². The molecule has 30 heavy (non-hydrogen) atoms. The number of phosphoric ester groups is 1. The number of rotatable bonds is 22. The Balaban J connectivity index is 3.36. The predicted octanol–water partition coefficient (Wildman–Crippen LogP) is 5.60. The maximum atomic E-state index is 11.8. The Kier molecular flexibility index (Phi) is 20.0. The second kappa shape index (κ2) is 20.4. The van der Waals surface area contributed by atoms with E-state index in [9.17, 15) is 19.4 Å². The smallest absolute Gasteiger partial charge is 0.265 e. The van der Waals surface area contributed by atoms with Crippen LogP contribution in [-0.2, 0) is 13.9 Å². The lowest BCUT2D eigenvalue weighted by Crippen LogP contribution is -2.18. The minimum Gasteiger partial charge on any atom is -0.756 e. The predicted molar refractivity (Wildman–Crippen MR) is 120 cm³/mol. The van der Waals surface area contributed by atoms with Crippen LogP contribution in [0.5, 0.6) is 0 Å². The van der Waals surface area contributed by atoms with Crippen molar-refractivity contribution in [2.24, 2.45) is 0 Å². The van der Waals surface area contributed by atoms with Crippen LogP contribution in [0.3, 0.4) is 0 Å². The minimum absolute atomic E-state index is 0.0663. The summed E-state index contributed by atoms with van der Waals surface area (Å²) in [5.74, 6) is 0.0663. The van der Waals surface area contributed by atoms with Crippen LogP contribution in [0, 0.1) is 0 Å². The van der Waals surface area contributed by atoms with Crippen molar-refractivity contribution in [3.63, 3.8) is 0 Å². The van der Waals surface area contributed by atoms with Gasteiger partial charge in [0.2, 0.25) is 0 Å². The van der Waals surface area contributed by atoms with Gasteiger partial charge < -0.3 is 19.4 Å². The first-order valence-corrected chi connectivity index (χ1v) is 13.4. The van der Waals surface area contributed by atoms with Gasteiger partial charge >= 0.3 is 0 Å². The normalized spacial score (nSPS) is 14.8. The lowest BCUT2D eigenvalue weighted by atomic mass is 10.0. The summed E-state index contributed by atoms with van der Waals surface area (Å²) in [6.07, 6.45) is 21.6. The summed E-state index contributed by atoms with van der Waals surface area (Å²) in [6.45, 7) is 1.73. The molecule has 2 N–H and O–H groups in total. The molecule has 2 atom stereocenters. The molecule has 0 bridgehead atoms. The molecule has 6 nitrogen and oxygen atoms in total. The molecule has 0 saturated carbocycles. The van der Waals surface area contributed by atoms with Crippen molar-refractivity contribution in [1.82, 2.24) is 0 Å². The summed E-state index contributed by atoms with van der Waals surface area (Å²) >= 11 is 0. The molecule has 178 valence electrons. The molecule has 0 aromatic heterocycles. The van der Waals surface area contributed by atoms with E-state index >= 15 is 0 Å². The molecule has 0 rings (SSSR count). The van der Waals surface area contributed by atoms with E-state index in [-0.39, 0.29) is 18.6 Å². The van der Waals surface area contributed by atoms with Gasteiger partial charge in [-0.25, -0.2) is 0 Å². The van der Waals surface area contributed by atoms with Gasteiger partial charge in [-0.05, 0) is 38.5 Å².